The Hall–Kier alpha value is -0.930. The summed E-state index contributed by atoms with van der Waals surface area (Å²) in [5, 5.41) is 3.92. The maximum absolute atomic E-state index is 4.54. The van der Waals surface area contributed by atoms with Gasteiger partial charge in [0.25, 0.3) is 0 Å². The molecule has 1 aromatic rings. The van der Waals surface area contributed by atoms with Gasteiger partial charge < -0.3 is 5.32 Å². The number of hydrogen-bond acceptors (Lipinski definition) is 3. The quantitative estimate of drug-likeness (QED) is 0.916. The molecule has 0 aromatic carbocycles. The van der Waals surface area contributed by atoms with E-state index in [1.165, 1.54) is 57.3 Å². The number of pyridine rings is 1. The van der Waals surface area contributed by atoms with Crippen molar-refractivity contribution in [2.24, 2.45) is 5.92 Å². The van der Waals surface area contributed by atoms with E-state index in [1.807, 2.05) is 12.3 Å². The Morgan fingerprint density at radius 1 is 1.25 bits per heavy atom. The van der Waals surface area contributed by atoms with Crippen molar-refractivity contribution in [3.63, 3.8) is 0 Å². The molecule has 1 aliphatic heterocycles. The first kappa shape index (κ1) is 12.8. The van der Waals surface area contributed by atoms with Crippen molar-refractivity contribution in [1.29, 1.82) is 0 Å². The minimum absolute atomic E-state index is 0.417. The van der Waals surface area contributed by atoms with Crippen LogP contribution in [0.15, 0.2) is 24.4 Å². The minimum Gasteiger partial charge on any atom is -0.308 e. The Labute approximate surface area is 121 Å². The Balaban J connectivity index is 1.52. The number of piperazine rings is 1. The zero-order chi connectivity index (χ0) is 13.4. The highest BCUT2D eigenvalue weighted by molar-refractivity contribution is 5.08. The molecule has 3 fully saturated rings. The lowest BCUT2D eigenvalue weighted by Gasteiger charge is -2.46. The van der Waals surface area contributed by atoms with Crippen molar-refractivity contribution in [3.05, 3.63) is 30.1 Å². The summed E-state index contributed by atoms with van der Waals surface area (Å²) in [6.45, 7) is 3.45. The molecule has 3 heteroatoms. The van der Waals surface area contributed by atoms with Gasteiger partial charge in [-0.15, -0.1) is 0 Å². The highest BCUT2D eigenvalue weighted by atomic mass is 15.3. The standard InChI is InChI=1S/C17H25N3/c1-4-10-18-15(5-1)12-20-13-17(8-2-3-9-17)19-11-16(20)14-6-7-14/h1,4-5,10,14,16,19H,2-3,6-9,11-13H2. The van der Waals surface area contributed by atoms with E-state index in [-0.39, 0.29) is 0 Å². The highest BCUT2D eigenvalue weighted by Crippen LogP contribution is 2.40. The summed E-state index contributed by atoms with van der Waals surface area (Å²) in [6, 6.07) is 7.04. The van der Waals surface area contributed by atoms with E-state index < -0.39 is 0 Å². The Bertz CT molecular complexity index is 449. The number of nitrogens with zero attached hydrogens (tertiary/aromatic N) is 2. The first-order chi connectivity index (χ1) is 9.85. The average Bonchev–Trinajstić information content (AvgIpc) is 3.22. The average molecular weight is 271 g/mol. The summed E-state index contributed by atoms with van der Waals surface area (Å²) >= 11 is 0. The number of hydrogen-bond donors (Lipinski definition) is 1. The fourth-order valence-electron chi connectivity index (χ4n) is 4.22. The van der Waals surface area contributed by atoms with Crippen LogP contribution in [0.2, 0.25) is 0 Å². The Morgan fingerprint density at radius 3 is 2.80 bits per heavy atom. The molecule has 2 saturated carbocycles. The molecule has 1 atom stereocenters. The van der Waals surface area contributed by atoms with Crippen LogP contribution in [0.25, 0.3) is 0 Å². The molecule has 1 unspecified atom stereocenters. The van der Waals surface area contributed by atoms with Crippen LogP contribution in [0.4, 0.5) is 0 Å². The number of rotatable bonds is 3. The molecule has 0 amide bonds. The zero-order valence-corrected chi connectivity index (χ0v) is 12.2. The maximum atomic E-state index is 4.54. The van der Waals surface area contributed by atoms with Gasteiger partial charge in [-0.2, -0.15) is 0 Å². The van der Waals surface area contributed by atoms with Gasteiger partial charge in [0.05, 0.1) is 5.69 Å². The van der Waals surface area contributed by atoms with E-state index in [0.717, 1.165) is 18.5 Å². The van der Waals surface area contributed by atoms with Gasteiger partial charge in [0.15, 0.2) is 0 Å². The van der Waals surface area contributed by atoms with Crippen LogP contribution in [0.3, 0.4) is 0 Å². The van der Waals surface area contributed by atoms with E-state index in [4.69, 9.17) is 0 Å². The summed E-state index contributed by atoms with van der Waals surface area (Å²) < 4.78 is 0. The third kappa shape index (κ3) is 2.49. The smallest absolute Gasteiger partial charge is 0.0544 e. The van der Waals surface area contributed by atoms with Crippen LogP contribution >= 0.6 is 0 Å². The SMILES string of the molecule is c1ccc(CN2CC3(CCCC3)NCC2C2CC2)nc1. The fourth-order valence-corrected chi connectivity index (χ4v) is 4.22. The van der Waals surface area contributed by atoms with Crippen LogP contribution in [0, 0.1) is 5.92 Å². The van der Waals surface area contributed by atoms with Crippen molar-refractivity contribution in [1.82, 2.24) is 15.2 Å². The van der Waals surface area contributed by atoms with Crippen molar-refractivity contribution in [2.45, 2.75) is 56.7 Å². The highest BCUT2D eigenvalue weighted by Gasteiger charge is 2.45. The van der Waals surface area contributed by atoms with Crippen LogP contribution in [-0.4, -0.2) is 34.6 Å². The second-order valence-electron chi connectivity index (χ2n) is 7.00. The molecule has 0 bridgehead atoms. The molecule has 3 aliphatic rings. The Morgan fingerprint density at radius 2 is 2.10 bits per heavy atom. The molecule has 0 radical (unpaired) electrons. The van der Waals surface area contributed by atoms with Gasteiger partial charge in [0, 0.05) is 37.4 Å². The van der Waals surface area contributed by atoms with E-state index in [2.05, 4.69) is 27.3 Å². The molecule has 2 heterocycles. The minimum atomic E-state index is 0.417. The molecule has 1 N–H and O–H groups in total. The molecule has 1 saturated heterocycles. The van der Waals surface area contributed by atoms with Gasteiger partial charge in [0.1, 0.15) is 0 Å². The molecule has 108 valence electrons. The lowest BCUT2D eigenvalue weighted by Crippen LogP contribution is -2.63. The largest absolute Gasteiger partial charge is 0.308 e. The molecule has 2 aliphatic carbocycles. The lowest BCUT2D eigenvalue weighted by atomic mass is 9.91. The molecule has 1 spiro atoms. The van der Waals surface area contributed by atoms with E-state index in [9.17, 15) is 0 Å². The number of nitrogens with one attached hydrogen (secondary N) is 1. The number of aromatic nitrogens is 1. The van der Waals surface area contributed by atoms with Gasteiger partial charge in [-0.3, -0.25) is 9.88 Å². The molecular formula is C17H25N3. The van der Waals surface area contributed by atoms with Gasteiger partial charge in [-0.25, -0.2) is 0 Å². The predicted molar refractivity (Wildman–Crippen MR) is 80.4 cm³/mol. The Kier molecular flexibility index (Phi) is 3.27. The summed E-state index contributed by atoms with van der Waals surface area (Å²) in [5.74, 6) is 0.935. The van der Waals surface area contributed by atoms with Crippen molar-refractivity contribution >= 4 is 0 Å². The third-order valence-electron chi connectivity index (χ3n) is 5.48. The van der Waals surface area contributed by atoms with Crippen molar-refractivity contribution in [3.8, 4) is 0 Å². The lowest BCUT2D eigenvalue weighted by molar-refractivity contribution is 0.0617. The van der Waals surface area contributed by atoms with Gasteiger partial charge in [-0.1, -0.05) is 18.9 Å². The molecular weight excluding hydrogens is 246 g/mol. The summed E-state index contributed by atoms with van der Waals surface area (Å²) in [6.07, 6.45) is 10.3. The zero-order valence-electron chi connectivity index (χ0n) is 12.2. The van der Waals surface area contributed by atoms with Crippen molar-refractivity contribution < 1.29 is 0 Å². The fraction of sp³-hybridized carbons (Fsp3) is 0.706. The maximum Gasteiger partial charge on any atom is 0.0544 e. The summed E-state index contributed by atoms with van der Waals surface area (Å²) in [4.78, 5) is 7.28. The topological polar surface area (TPSA) is 28.2 Å². The summed E-state index contributed by atoms with van der Waals surface area (Å²) in [7, 11) is 0. The second-order valence-corrected chi connectivity index (χ2v) is 7.00. The van der Waals surface area contributed by atoms with Gasteiger partial charge >= 0.3 is 0 Å². The van der Waals surface area contributed by atoms with E-state index in [0.29, 0.717) is 5.54 Å². The third-order valence-corrected chi connectivity index (χ3v) is 5.48. The molecule has 1 aromatic heterocycles. The van der Waals surface area contributed by atoms with Gasteiger partial charge in [0.2, 0.25) is 0 Å². The van der Waals surface area contributed by atoms with Crippen LogP contribution in [0.5, 0.6) is 0 Å². The van der Waals surface area contributed by atoms with Crippen LogP contribution < -0.4 is 5.32 Å². The van der Waals surface area contributed by atoms with E-state index in [1.54, 1.807) is 0 Å². The van der Waals surface area contributed by atoms with E-state index >= 15 is 0 Å². The van der Waals surface area contributed by atoms with Crippen LogP contribution in [-0.2, 0) is 6.54 Å². The van der Waals surface area contributed by atoms with Crippen molar-refractivity contribution in [2.75, 3.05) is 13.1 Å². The first-order valence-electron chi connectivity index (χ1n) is 8.24. The monoisotopic (exact) mass is 271 g/mol. The van der Waals surface area contributed by atoms with Crippen LogP contribution in [0.1, 0.15) is 44.2 Å². The summed E-state index contributed by atoms with van der Waals surface area (Å²) in [5.41, 5.74) is 1.65. The molecule has 4 rings (SSSR count). The first-order valence-corrected chi connectivity index (χ1v) is 8.24. The second kappa shape index (κ2) is 5.12. The van der Waals surface area contributed by atoms with Gasteiger partial charge in [-0.05, 0) is 43.7 Å². The molecule has 20 heavy (non-hydrogen) atoms. The molecule has 3 nitrogen and oxygen atoms in total. The normalized spacial score (nSPS) is 29.9. The predicted octanol–water partition coefficient (Wildman–Crippen LogP) is 2.58.